The molecule has 1 fully saturated rings. The van der Waals surface area contributed by atoms with Gasteiger partial charge in [-0.25, -0.2) is 5.32 Å². The molecule has 6 aromatic carbocycles. The summed E-state index contributed by atoms with van der Waals surface area (Å²) in [6.45, 7) is 13.5. The molecule has 6 heteroatoms. The van der Waals surface area contributed by atoms with Gasteiger partial charge in [0.15, 0.2) is 0 Å². The number of benzene rings is 6. The van der Waals surface area contributed by atoms with E-state index in [1.807, 2.05) is 0 Å². The SMILES string of the molecule is CC1=CC2(C)c3cc(C)ccc3N(c3cc(-n4c5ccc(C)cc5c5cc(C)ccc54)c(C4[NH2+]C(C5=c6c(oc7ccccc67)=CCC5C)[NH+]4c4ccccc4)cc3C#N)C2C=C1. The first kappa shape index (κ1) is 37.8. The minimum Gasteiger partial charge on any atom is -0.456 e. The highest BCUT2D eigenvalue weighted by molar-refractivity contribution is 6.10. The number of fused-ring (bicyclic) bond motifs is 9. The number of nitrogens with two attached hydrogens (primary N) is 1. The number of hydrogen-bond acceptors (Lipinski definition) is 3. The van der Waals surface area contributed by atoms with Crippen molar-refractivity contribution >= 4 is 61.5 Å². The molecule has 0 amide bonds. The van der Waals surface area contributed by atoms with Gasteiger partial charge in [0.05, 0.1) is 45.2 Å². The molecule has 2 aromatic heterocycles. The third kappa shape index (κ3) is 5.50. The lowest BCUT2D eigenvalue weighted by molar-refractivity contribution is -1.20. The van der Waals surface area contributed by atoms with E-state index < -0.39 is 0 Å². The Hall–Kier alpha value is -6.91. The van der Waals surface area contributed by atoms with Gasteiger partial charge >= 0.3 is 0 Å². The summed E-state index contributed by atoms with van der Waals surface area (Å²) in [5.41, 5.74) is 17.9. The number of nitrogens with zero attached hydrogens (tertiary/aromatic N) is 3. The van der Waals surface area contributed by atoms with E-state index in [9.17, 15) is 5.26 Å². The van der Waals surface area contributed by atoms with Gasteiger partial charge in [-0.05, 0) is 119 Å². The molecule has 2 aliphatic heterocycles. The number of quaternary nitrogens is 2. The Morgan fingerprint density at radius 3 is 2.19 bits per heavy atom. The lowest BCUT2D eigenvalue weighted by atomic mass is 9.74. The van der Waals surface area contributed by atoms with Gasteiger partial charge in [0.25, 0.3) is 6.17 Å². The molecule has 0 bridgehead atoms. The van der Waals surface area contributed by atoms with Crippen LogP contribution < -0.4 is 25.8 Å². The van der Waals surface area contributed by atoms with Crippen molar-refractivity contribution in [2.45, 2.75) is 71.8 Å². The molecule has 0 radical (unpaired) electrons. The Labute approximate surface area is 368 Å². The number of hydrogen-bond donors (Lipinski definition) is 2. The van der Waals surface area contributed by atoms with Crippen molar-refractivity contribution in [3.63, 3.8) is 0 Å². The van der Waals surface area contributed by atoms with E-state index >= 15 is 0 Å². The molecule has 4 aliphatic rings. The minimum atomic E-state index is -0.266. The summed E-state index contributed by atoms with van der Waals surface area (Å²) < 4.78 is 9.02. The predicted molar refractivity (Wildman–Crippen MR) is 255 cm³/mol. The number of para-hydroxylation sites is 2. The average Bonchev–Trinajstić information content (AvgIpc) is 3.88. The van der Waals surface area contributed by atoms with Gasteiger partial charge in [0, 0.05) is 32.5 Å². The van der Waals surface area contributed by atoms with Crippen LogP contribution in [0.2, 0.25) is 0 Å². The summed E-state index contributed by atoms with van der Waals surface area (Å²) in [5, 5.41) is 18.9. The second-order valence-corrected chi connectivity index (χ2v) is 18.9. The second-order valence-electron chi connectivity index (χ2n) is 18.9. The normalized spacial score (nSPS) is 23.6. The first-order valence-corrected chi connectivity index (χ1v) is 22.5. The van der Waals surface area contributed by atoms with Gasteiger partial charge < -0.3 is 13.9 Å². The van der Waals surface area contributed by atoms with Crippen LogP contribution in [0.3, 0.4) is 0 Å². The molecule has 6 unspecified atom stereocenters. The molecular weight excluding hydrogens is 771 g/mol. The maximum absolute atomic E-state index is 11.4. The van der Waals surface area contributed by atoms with Gasteiger partial charge in [-0.2, -0.15) is 10.2 Å². The molecule has 0 saturated carbocycles. The van der Waals surface area contributed by atoms with Gasteiger partial charge in [0.2, 0.25) is 6.17 Å². The number of nitrogens with one attached hydrogen (secondary N) is 1. The highest BCUT2D eigenvalue weighted by Gasteiger charge is 2.55. The fourth-order valence-corrected chi connectivity index (χ4v) is 11.8. The number of furan rings is 1. The van der Waals surface area contributed by atoms with E-state index in [1.54, 1.807) is 0 Å². The molecule has 0 spiro atoms. The van der Waals surface area contributed by atoms with Crippen LogP contribution in [-0.4, -0.2) is 16.8 Å². The number of anilines is 2. The van der Waals surface area contributed by atoms with Gasteiger partial charge in [0.1, 0.15) is 22.8 Å². The fraction of sp³-hybridized carbons (Fsp3) is 0.211. The second kappa shape index (κ2) is 13.8. The fourth-order valence-electron chi connectivity index (χ4n) is 11.8. The van der Waals surface area contributed by atoms with Gasteiger partial charge in [-0.3, -0.25) is 0 Å². The van der Waals surface area contributed by atoms with Crippen molar-refractivity contribution in [3.05, 3.63) is 189 Å². The molecule has 308 valence electrons. The molecule has 6 nitrogen and oxygen atoms in total. The van der Waals surface area contributed by atoms with Crippen molar-refractivity contribution in [2.24, 2.45) is 5.92 Å². The maximum atomic E-state index is 11.4. The summed E-state index contributed by atoms with van der Waals surface area (Å²) in [5.74, 6) is 0.328. The van der Waals surface area contributed by atoms with Crippen molar-refractivity contribution in [2.75, 3.05) is 4.90 Å². The largest absolute Gasteiger partial charge is 0.456 e. The quantitative estimate of drug-likeness (QED) is 0.182. The third-order valence-corrected chi connectivity index (χ3v) is 14.7. The number of nitriles is 1. The molecule has 6 atom stereocenters. The molecule has 1 saturated heterocycles. The standard InChI is InChI=1S/C57H49N5O/c1-33-16-21-45-41(26-33)42-27-34(2)17-22-46(42)61(45)49-30-48(62-47-23-18-35(3)28-44(47)57(6)31-36(4)19-25-52(57)62)38(32-58)29-43(49)55-59-56(60(55)39-12-8-7-9-13-39)53-37(5)20-24-51-54(53)40-14-10-11-15-50(40)63-51/h7-19,21-31,37,52,55-56,59H,20H2,1-6H3/p+2. The van der Waals surface area contributed by atoms with Crippen LogP contribution in [-0.2, 0) is 5.41 Å². The van der Waals surface area contributed by atoms with Crippen LogP contribution in [0.5, 0.6) is 0 Å². The summed E-state index contributed by atoms with van der Waals surface area (Å²) in [4.78, 5) is 3.82. The highest BCUT2D eigenvalue weighted by Crippen LogP contribution is 2.53. The third-order valence-electron chi connectivity index (χ3n) is 14.7. The van der Waals surface area contributed by atoms with Crippen molar-refractivity contribution < 1.29 is 14.6 Å². The number of aryl methyl sites for hydroxylation is 3. The molecule has 2 aliphatic carbocycles. The van der Waals surface area contributed by atoms with Crippen LogP contribution in [0.4, 0.5) is 17.1 Å². The monoisotopic (exact) mass is 821 g/mol. The van der Waals surface area contributed by atoms with E-state index in [2.05, 4.69) is 208 Å². The summed E-state index contributed by atoms with van der Waals surface area (Å²) in [6, 6.07) is 47.4. The zero-order valence-corrected chi connectivity index (χ0v) is 36.7. The maximum Gasteiger partial charge on any atom is 0.255 e. The van der Waals surface area contributed by atoms with Crippen molar-refractivity contribution in [1.29, 1.82) is 5.26 Å². The summed E-state index contributed by atoms with van der Waals surface area (Å²) in [7, 11) is 0. The number of rotatable bonds is 5. The Morgan fingerprint density at radius 1 is 0.746 bits per heavy atom. The number of aromatic nitrogens is 1. The lowest BCUT2D eigenvalue weighted by Crippen LogP contribution is -3.42. The first-order chi connectivity index (χ1) is 30.6. The zero-order valence-electron chi connectivity index (χ0n) is 36.7. The van der Waals surface area contributed by atoms with E-state index in [4.69, 9.17) is 4.42 Å². The smallest absolute Gasteiger partial charge is 0.255 e. The van der Waals surface area contributed by atoms with Crippen molar-refractivity contribution in [1.82, 2.24) is 4.57 Å². The Kier molecular flexibility index (Phi) is 8.28. The van der Waals surface area contributed by atoms with Crippen LogP contribution in [0.25, 0.3) is 50.1 Å². The van der Waals surface area contributed by atoms with E-state index in [-0.39, 0.29) is 23.8 Å². The Bertz CT molecular complexity index is 3430. The number of allylic oxidation sites excluding steroid dienone is 2. The Balaban J connectivity index is 1.14. The zero-order chi connectivity index (χ0) is 42.9. The molecule has 4 heterocycles. The van der Waals surface area contributed by atoms with Gasteiger partial charge in [-0.1, -0.05) is 108 Å². The van der Waals surface area contributed by atoms with E-state index in [0.29, 0.717) is 11.5 Å². The van der Waals surface area contributed by atoms with E-state index in [0.717, 1.165) is 51.1 Å². The average molecular weight is 822 g/mol. The molecular formula is C57H51N5O+2. The Morgan fingerprint density at radius 2 is 1.44 bits per heavy atom. The molecule has 12 rings (SSSR count). The van der Waals surface area contributed by atoms with E-state index in [1.165, 1.54) is 65.4 Å². The van der Waals surface area contributed by atoms with Crippen molar-refractivity contribution in [3.8, 4) is 11.8 Å². The molecule has 8 aromatic rings. The predicted octanol–water partition coefficient (Wildman–Crippen LogP) is 9.41. The summed E-state index contributed by atoms with van der Waals surface area (Å²) >= 11 is 0. The topological polar surface area (TPSA) is 66.2 Å². The van der Waals surface area contributed by atoms with Crippen LogP contribution in [0.1, 0.15) is 66.7 Å². The molecule has 63 heavy (non-hydrogen) atoms. The summed E-state index contributed by atoms with van der Waals surface area (Å²) in [6.07, 6.45) is 10.3. The minimum absolute atomic E-state index is 0.00156. The van der Waals surface area contributed by atoms with Crippen LogP contribution in [0, 0.1) is 38.0 Å². The lowest BCUT2D eigenvalue weighted by Gasteiger charge is -2.44. The molecule has 3 N–H and O–H groups in total. The first-order valence-electron chi connectivity index (χ1n) is 22.5. The van der Waals surface area contributed by atoms with Crippen LogP contribution >= 0.6 is 0 Å². The highest BCUT2D eigenvalue weighted by atomic mass is 16.3. The van der Waals surface area contributed by atoms with Gasteiger partial charge in [-0.15, -0.1) is 0 Å². The van der Waals surface area contributed by atoms with Crippen LogP contribution in [0.15, 0.2) is 150 Å².